The molecule has 0 aliphatic rings. The lowest BCUT2D eigenvalue weighted by Crippen LogP contribution is -2.36. The average molecular weight is 171 g/mol. The van der Waals surface area contributed by atoms with E-state index in [1.165, 1.54) is 7.11 Å². The minimum absolute atomic E-state index is 0.145. The van der Waals surface area contributed by atoms with E-state index in [-0.39, 0.29) is 12.0 Å². The Kier molecular flexibility index (Phi) is 5.37. The summed E-state index contributed by atoms with van der Waals surface area (Å²) in [6.07, 6.45) is 3.40. The maximum absolute atomic E-state index is 11.2. The lowest BCUT2D eigenvalue weighted by Gasteiger charge is -2.20. The van der Waals surface area contributed by atoms with Gasteiger partial charge in [0.2, 0.25) is 0 Å². The Labute approximate surface area is 74.0 Å². The Morgan fingerprint density at radius 2 is 2.25 bits per heavy atom. The Morgan fingerprint density at radius 1 is 1.67 bits per heavy atom. The first-order chi connectivity index (χ1) is 5.63. The van der Waals surface area contributed by atoms with Gasteiger partial charge in [-0.25, -0.2) is 0 Å². The van der Waals surface area contributed by atoms with Crippen molar-refractivity contribution in [3.8, 4) is 0 Å². The minimum atomic E-state index is -0.179. The summed E-state index contributed by atoms with van der Waals surface area (Å²) in [7, 11) is 5.14. The van der Waals surface area contributed by atoms with Crippen molar-refractivity contribution < 1.29 is 9.53 Å². The average Bonchev–Trinajstić information content (AvgIpc) is 2.04. The summed E-state index contributed by atoms with van der Waals surface area (Å²) in [5, 5.41) is 0. The molecule has 0 aromatic carbocycles. The summed E-state index contributed by atoms with van der Waals surface area (Å²) in [5.41, 5.74) is 0. The number of rotatable bonds is 5. The standard InChI is InChI=1S/C9H17NO2/c1-5-6-7-8(10(2)3)9(11)12-4/h5,8H,1,6-7H2,2-4H3/t8-/m0/s1. The van der Waals surface area contributed by atoms with Gasteiger partial charge in [0.05, 0.1) is 7.11 Å². The van der Waals surface area contributed by atoms with E-state index >= 15 is 0 Å². The lowest BCUT2D eigenvalue weighted by molar-refractivity contribution is -0.146. The van der Waals surface area contributed by atoms with Crippen LogP contribution in [0.1, 0.15) is 12.8 Å². The molecule has 3 heteroatoms. The smallest absolute Gasteiger partial charge is 0.323 e. The first kappa shape index (κ1) is 11.2. The maximum Gasteiger partial charge on any atom is 0.323 e. The maximum atomic E-state index is 11.2. The zero-order chi connectivity index (χ0) is 9.56. The molecule has 0 spiro atoms. The van der Waals surface area contributed by atoms with Crippen LogP contribution < -0.4 is 0 Å². The van der Waals surface area contributed by atoms with Crippen LogP contribution in [-0.4, -0.2) is 38.1 Å². The quantitative estimate of drug-likeness (QED) is 0.457. The number of nitrogens with zero attached hydrogens (tertiary/aromatic N) is 1. The van der Waals surface area contributed by atoms with E-state index in [9.17, 15) is 4.79 Å². The van der Waals surface area contributed by atoms with Gasteiger partial charge in [-0.3, -0.25) is 9.69 Å². The molecule has 70 valence electrons. The van der Waals surface area contributed by atoms with Gasteiger partial charge in [-0.2, -0.15) is 0 Å². The largest absolute Gasteiger partial charge is 0.468 e. The lowest BCUT2D eigenvalue weighted by atomic mass is 10.1. The van der Waals surface area contributed by atoms with Crippen LogP contribution in [0.5, 0.6) is 0 Å². The fourth-order valence-electron chi connectivity index (χ4n) is 0.999. The van der Waals surface area contributed by atoms with E-state index in [2.05, 4.69) is 11.3 Å². The van der Waals surface area contributed by atoms with Crippen LogP contribution in [0.25, 0.3) is 0 Å². The second-order valence-corrected chi connectivity index (χ2v) is 2.87. The zero-order valence-electron chi connectivity index (χ0n) is 8.04. The minimum Gasteiger partial charge on any atom is -0.468 e. The molecule has 12 heavy (non-hydrogen) atoms. The molecule has 0 rings (SSSR count). The normalized spacial score (nSPS) is 12.7. The van der Waals surface area contributed by atoms with Crippen molar-refractivity contribution in [3.05, 3.63) is 12.7 Å². The van der Waals surface area contributed by atoms with Crippen molar-refractivity contribution in [2.75, 3.05) is 21.2 Å². The number of allylic oxidation sites excluding steroid dienone is 1. The molecule has 0 fully saturated rings. The SMILES string of the molecule is C=CCC[C@@H](C(=O)OC)N(C)C. The van der Waals surface area contributed by atoms with Crippen molar-refractivity contribution in [3.63, 3.8) is 0 Å². The molecule has 0 heterocycles. The van der Waals surface area contributed by atoms with Crippen molar-refractivity contribution in [2.45, 2.75) is 18.9 Å². The molecule has 0 radical (unpaired) electrons. The van der Waals surface area contributed by atoms with Crippen molar-refractivity contribution in [2.24, 2.45) is 0 Å². The molecule has 0 N–H and O–H groups in total. The highest BCUT2D eigenvalue weighted by Gasteiger charge is 2.19. The molecular formula is C9H17NO2. The van der Waals surface area contributed by atoms with E-state index in [0.717, 1.165) is 12.8 Å². The van der Waals surface area contributed by atoms with Crippen LogP contribution in [-0.2, 0) is 9.53 Å². The molecule has 0 aliphatic carbocycles. The van der Waals surface area contributed by atoms with E-state index in [4.69, 9.17) is 0 Å². The van der Waals surface area contributed by atoms with Gasteiger partial charge in [0.15, 0.2) is 0 Å². The van der Waals surface area contributed by atoms with Crippen LogP contribution in [0, 0.1) is 0 Å². The highest BCUT2D eigenvalue weighted by atomic mass is 16.5. The highest BCUT2D eigenvalue weighted by Crippen LogP contribution is 2.05. The van der Waals surface area contributed by atoms with E-state index in [0.29, 0.717) is 0 Å². The van der Waals surface area contributed by atoms with Crippen LogP contribution in [0.4, 0.5) is 0 Å². The molecule has 0 unspecified atom stereocenters. The van der Waals surface area contributed by atoms with Gasteiger partial charge >= 0.3 is 5.97 Å². The third-order valence-corrected chi connectivity index (χ3v) is 1.74. The second kappa shape index (κ2) is 5.77. The van der Waals surface area contributed by atoms with Crippen molar-refractivity contribution in [1.29, 1.82) is 0 Å². The molecule has 0 bridgehead atoms. The predicted molar refractivity (Wildman–Crippen MR) is 48.9 cm³/mol. The first-order valence-electron chi connectivity index (χ1n) is 3.98. The Bertz CT molecular complexity index is 155. The van der Waals surface area contributed by atoms with Gasteiger partial charge < -0.3 is 4.74 Å². The fraction of sp³-hybridized carbons (Fsp3) is 0.667. The fourth-order valence-corrected chi connectivity index (χ4v) is 0.999. The predicted octanol–water partition coefficient (Wildman–Crippen LogP) is 1.06. The van der Waals surface area contributed by atoms with Gasteiger partial charge in [-0.1, -0.05) is 6.08 Å². The van der Waals surface area contributed by atoms with Crippen molar-refractivity contribution in [1.82, 2.24) is 4.90 Å². The number of carbonyl (C=O) groups is 1. The molecule has 0 aromatic heterocycles. The van der Waals surface area contributed by atoms with Gasteiger partial charge in [0, 0.05) is 0 Å². The number of esters is 1. The molecule has 3 nitrogen and oxygen atoms in total. The number of carbonyl (C=O) groups excluding carboxylic acids is 1. The van der Waals surface area contributed by atoms with E-state index in [1.54, 1.807) is 6.08 Å². The van der Waals surface area contributed by atoms with Crippen LogP contribution in [0.15, 0.2) is 12.7 Å². The Balaban J connectivity index is 4.03. The van der Waals surface area contributed by atoms with Crippen LogP contribution in [0.3, 0.4) is 0 Å². The molecule has 0 aliphatic heterocycles. The van der Waals surface area contributed by atoms with Crippen molar-refractivity contribution >= 4 is 5.97 Å². The number of ether oxygens (including phenoxy) is 1. The molecule has 0 saturated heterocycles. The summed E-state index contributed by atoms with van der Waals surface area (Å²) in [6.45, 7) is 3.61. The van der Waals surface area contributed by atoms with Crippen LogP contribution >= 0.6 is 0 Å². The van der Waals surface area contributed by atoms with Gasteiger partial charge in [0.1, 0.15) is 6.04 Å². The summed E-state index contributed by atoms with van der Waals surface area (Å²) < 4.78 is 4.66. The molecule has 0 amide bonds. The Morgan fingerprint density at radius 3 is 2.58 bits per heavy atom. The van der Waals surface area contributed by atoms with Gasteiger partial charge in [-0.05, 0) is 26.9 Å². The highest BCUT2D eigenvalue weighted by molar-refractivity contribution is 5.75. The van der Waals surface area contributed by atoms with E-state index in [1.807, 2.05) is 19.0 Å². The molecule has 1 atom stereocenters. The second-order valence-electron chi connectivity index (χ2n) is 2.87. The number of likely N-dealkylation sites (N-methyl/N-ethyl adjacent to an activating group) is 1. The topological polar surface area (TPSA) is 29.5 Å². The number of methoxy groups -OCH3 is 1. The zero-order valence-corrected chi connectivity index (χ0v) is 8.04. The third-order valence-electron chi connectivity index (χ3n) is 1.74. The van der Waals surface area contributed by atoms with E-state index < -0.39 is 0 Å². The number of hydrogen-bond donors (Lipinski definition) is 0. The molecular weight excluding hydrogens is 154 g/mol. The van der Waals surface area contributed by atoms with Gasteiger partial charge in [-0.15, -0.1) is 6.58 Å². The molecule has 0 saturated carbocycles. The summed E-state index contributed by atoms with van der Waals surface area (Å²) in [6, 6.07) is -0.145. The monoisotopic (exact) mass is 171 g/mol. The summed E-state index contributed by atoms with van der Waals surface area (Å²) in [5.74, 6) is -0.179. The van der Waals surface area contributed by atoms with Crippen LogP contribution in [0.2, 0.25) is 0 Å². The summed E-state index contributed by atoms with van der Waals surface area (Å²) in [4.78, 5) is 13.0. The summed E-state index contributed by atoms with van der Waals surface area (Å²) >= 11 is 0. The number of hydrogen-bond acceptors (Lipinski definition) is 3. The molecule has 0 aromatic rings. The third kappa shape index (κ3) is 3.53. The first-order valence-corrected chi connectivity index (χ1v) is 3.98. The van der Waals surface area contributed by atoms with Gasteiger partial charge in [0.25, 0.3) is 0 Å². The Hall–Kier alpha value is -0.830.